The van der Waals surface area contributed by atoms with E-state index in [0.717, 1.165) is 27.4 Å². The van der Waals surface area contributed by atoms with Crippen molar-refractivity contribution in [3.8, 4) is 11.5 Å². The van der Waals surface area contributed by atoms with Crippen LogP contribution >= 0.6 is 27.3 Å². The zero-order chi connectivity index (χ0) is 14.1. The highest BCUT2D eigenvalue weighted by molar-refractivity contribution is 9.10. The molecule has 0 spiro atoms. The maximum Gasteiger partial charge on any atom is 0.163 e. The van der Waals surface area contributed by atoms with Gasteiger partial charge in [0.15, 0.2) is 11.5 Å². The minimum atomic E-state index is 0.196. The molecule has 0 radical (unpaired) electrons. The van der Waals surface area contributed by atoms with Gasteiger partial charge < -0.3 is 14.8 Å². The fourth-order valence-corrected chi connectivity index (χ4v) is 3.45. The standard InChI is InChI=1S/C14H15BrN2O2S/c1-8-14(20-7-16-8)9(2)17-11-6-13-12(5-10(11)15)18-3-4-19-13/h5-7,9,17H,3-4H2,1-2H3. The van der Waals surface area contributed by atoms with E-state index < -0.39 is 0 Å². The van der Waals surface area contributed by atoms with Crippen LogP contribution in [0.3, 0.4) is 0 Å². The van der Waals surface area contributed by atoms with E-state index >= 15 is 0 Å². The number of anilines is 1. The van der Waals surface area contributed by atoms with E-state index in [-0.39, 0.29) is 6.04 Å². The number of hydrogen-bond donors (Lipinski definition) is 1. The molecule has 6 heteroatoms. The van der Waals surface area contributed by atoms with Crippen LogP contribution in [0.2, 0.25) is 0 Å². The Morgan fingerprint density at radius 3 is 2.65 bits per heavy atom. The third kappa shape index (κ3) is 2.62. The molecule has 1 aliphatic rings. The van der Waals surface area contributed by atoms with Crippen LogP contribution in [0.5, 0.6) is 11.5 Å². The topological polar surface area (TPSA) is 43.4 Å². The summed E-state index contributed by atoms with van der Waals surface area (Å²) in [4.78, 5) is 5.54. The molecular formula is C14H15BrN2O2S. The molecule has 2 heterocycles. The average Bonchev–Trinajstić information content (AvgIpc) is 2.86. The van der Waals surface area contributed by atoms with Gasteiger partial charge in [-0.1, -0.05) is 0 Å². The van der Waals surface area contributed by atoms with Crippen molar-refractivity contribution >= 4 is 33.0 Å². The van der Waals surface area contributed by atoms with E-state index in [2.05, 4.69) is 33.2 Å². The summed E-state index contributed by atoms with van der Waals surface area (Å²) in [6, 6.07) is 4.12. The van der Waals surface area contributed by atoms with Gasteiger partial charge in [-0.2, -0.15) is 0 Å². The van der Waals surface area contributed by atoms with Gasteiger partial charge >= 0.3 is 0 Å². The Labute approximate surface area is 130 Å². The van der Waals surface area contributed by atoms with Crippen molar-refractivity contribution in [1.29, 1.82) is 0 Å². The number of aromatic nitrogens is 1. The molecule has 1 aliphatic heterocycles. The van der Waals surface area contributed by atoms with E-state index in [9.17, 15) is 0 Å². The van der Waals surface area contributed by atoms with Crippen LogP contribution in [-0.4, -0.2) is 18.2 Å². The summed E-state index contributed by atoms with van der Waals surface area (Å²) in [5, 5.41) is 3.49. The molecule has 20 heavy (non-hydrogen) atoms. The van der Waals surface area contributed by atoms with Gasteiger partial charge in [-0.25, -0.2) is 4.98 Å². The fraction of sp³-hybridized carbons (Fsp3) is 0.357. The highest BCUT2D eigenvalue weighted by Gasteiger charge is 2.17. The highest BCUT2D eigenvalue weighted by Crippen LogP contribution is 2.39. The van der Waals surface area contributed by atoms with Crippen molar-refractivity contribution in [2.75, 3.05) is 18.5 Å². The molecule has 4 nitrogen and oxygen atoms in total. The second-order valence-electron chi connectivity index (χ2n) is 4.64. The maximum absolute atomic E-state index is 5.62. The highest BCUT2D eigenvalue weighted by atomic mass is 79.9. The first-order valence-electron chi connectivity index (χ1n) is 6.41. The van der Waals surface area contributed by atoms with Crippen molar-refractivity contribution < 1.29 is 9.47 Å². The van der Waals surface area contributed by atoms with Crippen LogP contribution in [0.1, 0.15) is 23.5 Å². The third-order valence-corrected chi connectivity index (χ3v) is 4.95. The molecule has 0 saturated heterocycles. The SMILES string of the molecule is Cc1ncsc1C(C)Nc1cc2c(cc1Br)OCCO2. The third-order valence-electron chi connectivity index (χ3n) is 3.18. The molecule has 0 fully saturated rings. The maximum atomic E-state index is 5.62. The summed E-state index contributed by atoms with van der Waals surface area (Å²) in [7, 11) is 0. The van der Waals surface area contributed by atoms with Crippen LogP contribution < -0.4 is 14.8 Å². The predicted octanol–water partition coefficient (Wildman–Crippen LogP) is 4.16. The molecule has 106 valence electrons. The number of ether oxygens (including phenoxy) is 2. The van der Waals surface area contributed by atoms with Crippen molar-refractivity contribution in [3.05, 3.63) is 32.7 Å². The van der Waals surface area contributed by atoms with Gasteiger partial charge in [0.2, 0.25) is 0 Å². The number of fused-ring (bicyclic) bond motifs is 1. The number of nitrogens with one attached hydrogen (secondary N) is 1. The Morgan fingerprint density at radius 2 is 2.00 bits per heavy atom. The molecule has 2 aromatic rings. The summed E-state index contributed by atoms with van der Waals surface area (Å²) >= 11 is 5.24. The number of nitrogens with zero attached hydrogens (tertiary/aromatic N) is 1. The summed E-state index contributed by atoms with van der Waals surface area (Å²) in [5.41, 5.74) is 3.94. The molecule has 0 amide bonds. The van der Waals surface area contributed by atoms with Gasteiger partial charge in [-0.3, -0.25) is 0 Å². The number of halogens is 1. The second kappa shape index (κ2) is 5.61. The second-order valence-corrected chi connectivity index (χ2v) is 6.38. The zero-order valence-electron chi connectivity index (χ0n) is 11.3. The normalized spacial score (nSPS) is 14.9. The molecular weight excluding hydrogens is 340 g/mol. The first-order chi connectivity index (χ1) is 9.65. The van der Waals surface area contributed by atoms with E-state index in [1.54, 1.807) is 11.3 Å². The Balaban J connectivity index is 1.85. The van der Waals surface area contributed by atoms with Crippen LogP contribution in [0, 0.1) is 6.92 Å². The predicted molar refractivity (Wildman–Crippen MR) is 84.0 cm³/mol. The molecule has 1 aromatic carbocycles. The van der Waals surface area contributed by atoms with Gasteiger partial charge in [0, 0.05) is 21.5 Å². The van der Waals surface area contributed by atoms with Gasteiger partial charge in [0.1, 0.15) is 13.2 Å². The van der Waals surface area contributed by atoms with Crippen molar-refractivity contribution in [2.45, 2.75) is 19.9 Å². The van der Waals surface area contributed by atoms with E-state index in [0.29, 0.717) is 13.2 Å². The average molecular weight is 355 g/mol. The van der Waals surface area contributed by atoms with Gasteiger partial charge in [0.25, 0.3) is 0 Å². The number of thiazole rings is 1. The number of hydrogen-bond acceptors (Lipinski definition) is 5. The number of benzene rings is 1. The van der Waals surface area contributed by atoms with E-state index in [1.807, 2.05) is 24.6 Å². The summed E-state index contributed by atoms with van der Waals surface area (Å²) in [6.07, 6.45) is 0. The number of aryl methyl sites for hydroxylation is 1. The van der Waals surface area contributed by atoms with Crippen molar-refractivity contribution in [3.63, 3.8) is 0 Å². The van der Waals surface area contributed by atoms with Gasteiger partial charge in [0.05, 0.1) is 22.9 Å². The monoisotopic (exact) mass is 354 g/mol. The lowest BCUT2D eigenvalue weighted by atomic mass is 10.2. The lowest BCUT2D eigenvalue weighted by molar-refractivity contribution is 0.171. The minimum absolute atomic E-state index is 0.196. The minimum Gasteiger partial charge on any atom is -0.486 e. The van der Waals surface area contributed by atoms with Crippen LogP contribution in [0.4, 0.5) is 5.69 Å². The first-order valence-corrected chi connectivity index (χ1v) is 8.08. The fourth-order valence-electron chi connectivity index (χ4n) is 2.20. The molecule has 0 bridgehead atoms. The van der Waals surface area contributed by atoms with Crippen LogP contribution in [0.15, 0.2) is 22.1 Å². The van der Waals surface area contributed by atoms with Crippen LogP contribution in [0.25, 0.3) is 0 Å². The molecule has 0 saturated carbocycles. The van der Waals surface area contributed by atoms with Crippen LogP contribution in [-0.2, 0) is 0 Å². The van der Waals surface area contributed by atoms with Crippen molar-refractivity contribution in [1.82, 2.24) is 4.98 Å². The molecule has 0 aliphatic carbocycles. The molecule has 1 N–H and O–H groups in total. The Bertz CT molecular complexity index is 630. The Hall–Kier alpha value is -1.27. The quantitative estimate of drug-likeness (QED) is 0.898. The summed E-state index contributed by atoms with van der Waals surface area (Å²) in [6.45, 7) is 5.35. The van der Waals surface area contributed by atoms with E-state index in [1.165, 1.54) is 4.88 Å². The lowest BCUT2D eigenvalue weighted by Gasteiger charge is -2.22. The first kappa shape index (κ1) is 13.7. The van der Waals surface area contributed by atoms with Gasteiger partial charge in [-0.05, 0) is 29.8 Å². The molecule has 1 unspecified atom stereocenters. The molecule has 3 rings (SSSR count). The largest absolute Gasteiger partial charge is 0.486 e. The summed E-state index contributed by atoms with van der Waals surface area (Å²) < 4.78 is 12.2. The van der Waals surface area contributed by atoms with E-state index in [4.69, 9.17) is 9.47 Å². The van der Waals surface area contributed by atoms with Gasteiger partial charge in [-0.15, -0.1) is 11.3 Å². The Kier molecular flexibility index (Phi) is 3.85. The lowest BCUT2D eigenvalue weighted by Crippen LogP contribution is -2.16. The molecule has 1 atom stereocenters. The van der Waals surface area contributed by atoms with Crippen molar-refractivity contribution in [2.24, 2.45) is 0 Å². The summed E-state index contributed by atoms with van der Waals surface area (Å²) in [5.74, 6) is 1.57. The Morgan fingerprint density at radius 1 is 1.30 bits per heavy atom. The smallest absolute Gasteiger partial charge is 0.163 e. The number of rotatable bonds is 3. The zero-order valence-corrected chi connectivity index (χ0v) is 13.7. The molecule has 1 aromatic heterocycles.